The highest BCUT2D eigenvalue weighted by Gasteiger charge is 2.44. The molecule has 0 bridgehead atoms. The number of carboxylic acid groups (broad SMARTS) is 1. The van der Waals surface area contributed by atoms with Gasteiger partial charge in [-0.25, -0.2) is 13.2 Å². The Morgan fingerprint density at radius 3 is 2.83 bits per heavy atom. The first-order chi connectivity index (χ1) is 16.8. The van der Waals surface area contributed by atoms with Gasteiger partial charge in [-0.1, -0.05) is 17.9 Å². The second kappa shape index (κ2) is 10.4. The van der Waals surface area contributed by atoms with Crippen LogP contribution in [0.5, 0.6) is 5.75 Å². The number of halogens is 3. The predicted octanol–water partition coefficient (Wildman–Crippen LogP) is 4.81. The third-order valence-corrected chi connectivity index (χ3v) is 6.58. The molecule has 3 aromatic rings. The molecule has 1 aliphatic rings. The topological polar surface area (TPSA) is 62.7 Å². The molecule has 0 spiro atoms. The number of aromatic nitrogens is 1. The summed E-state index contributed by atoms with van der Waals surface area (Å²) in [7, 11) is 1.54. The number of aryl methyl sites for hydroxylation is 1. The van der Waals surface area contributed by atoms with Gasteiger partial charge in [-0.05, 0) is 61.6 Å². The standard InChI is InChI=1S/C27H25F3N2O3/c1-35-19-9-10-24-21(15-19)20(23(29)16-31-24)7-3-11-27(26(33)34)12-14-32(17-27)13-4-6-18-5-2-8-22(28)25(18)30/h2,5,8-10,15-16H,3,7,11-14,17H2,1H3,(H,33,34). The number of aliphatic carboxylic acids is 1. The molecule has 1 aromatic heterocycles. The summed E-state index contributed by atoms with van der Waals surface area (Å²) in [5, 5.41) is 10.6. The van der Waals surface area contributed by atoms with Crippen molar-refractivity contribution in [2.75, 3.05) is 26.7 Å². The maximum absolute atomic E-state index is 14.6. The molecule has 5 nitrogen and oxygen atoms in total. The number of benzene rings is 2. The van der Waals surface area contributed by atoms with Crippen molar-refractivity contribution < 1.29 is 27.8 Å². The minimum absolute atomic E-state index is 0.0306. The average molecular weight is 483 g/mol. The zero-order chi connectivity index (χ0) is 25.0. The van der Waals surface area contributed by atoms with Gasteiger partial charge in [0.25, 0.3) is 0 Å². The van der Waals surface area contributed by atoms with E-state index in [0.29, 0.717) is 54.4 Å². The van der Waals surface area contributed by atoms with Crippen molar-refractivity contribution in [1.29, 1.82) is 0 Å². The lowest BCUT2D eigenvalue weighted by Crippen LogP contribution is -2.35. The van der Waals surface area contributed by atoms with Crippen LogP contribution in [0, 0.1) is 34.7 Å². The third kappa shape index (κ3) is 5.25. The van der Waals surface area contributed by atoms with E-state index < -0.39 is 28.8 Å². The molecule has 1 aliphatic heterocycles. The maximum Gasteiger partial charge on any atom is 0.310 e. The molecule has 4 rings (SSSR count). The molecule has 2 aromatic carbocycles. The van der Waals surface area contributed by atoms with Crippen LogP contribution in [-0.4, -0.2) is 47.7 Å². The largest absolute Gasteiger partial charge is 0.497 e. The molecule has 182 valence electrons. The van der Waals surface area contributed by atoms with Crippen LogP contribution in [0.4, 0.5) is 13.2 Å². The second-order valence-electron chi connectivity index (χ2n) is 8.77. The van der Waals surface area contributed by atoms with E-state index in [2.05, 4.69) is 16.8 Å². The predicted molar refractivity (Wildman–Crippen MR) is 126 cm³/mol. The van der Waals surface area contributed by atoms with E-state index in [1.807, 2.05) is 4.90 Å². The fourth-order valence-corrected chi connectivity index (χ4v) is 4.61. The Balaban J connectivity index is 1.42. The van der Waals surface area contributed by atoms with Gasteiger partial charge in [0.05, 0.1) is 36.3 Å². The molecule has 0 aliphatic carbocycles. The quantitative estimate of drug-likeness (QED) is 0.490. The van der Waals surface area contributed by atoms with Gasteiger partial charge in [0.1, 0.15) is 11.6 Å². The van der Waals surface area contributed by atoms with E-state index in [9.17, 15) is 23.1 Å². The Morgan fingerprint density at radius 1 is 1.23 bits per heavy atom. The summed E-state index contributed by atoms with van der Waals surface area (Å²) in [5.41, 5.74) is 0.141. The first kappa shape index (κ1) is 24.6. The van der Waals surface area contributed by atoms with E-state index >= 15 is 0 Å². The minimum atomic E-state index is -0.991. The van der Waals surface area contributed by atoms with E-state index in [0.717, 1.165) is 6.07 Å². The lowest BCUT2D eigenvalue weighted by atomic mass is 9.81. The summed E-state index contributed by atoms with van der Waals surface area (Å²) in [5.74, 6) is 2.76. The lowest BCUT2D eigenvalue weighted by Gasteiger charge is -2.24. The number of carboxylic acids is 1. The van der Waals surface area contributed by atoms with Crippen LogP contribution in [0.15, 0.2) is 42.6 Å². The van der Waals surface area contributed by atoms with Crippen molar-refractivity contribution in [3.05, 3.63) is 71.2 Å². The summed E-state index contributed by atoms with van der Waals surface area (Å²) in [6, 6.07) is 9.08. The number of hydrogen-bond acceptors (Lipinski definition) is 4. The molecule has 0 saturated carbocycles. The summed E-state index contributed by atoms with van der Waals surface area (Å²) in [6.45, 7) is 1.06. The highest BCUT2D eigenvalue weighted by atomic mass is 19.2. The molecule has 1 atom stereocenters. The molecule has 0 amide bonds. The van der Waals surface area contributed by atoms with Gasteiger partial charge < -0.3 is 9.84 Å². The molecule has 35 heavy (non-hydrogen) atoms. The highest BCUT2D eigenvalue weighted by molar-refractivity contribution is 5.83. The summed E-state index contributed by atoms with van der Waals surface area (Å²) in [4.78, 5) is 18.2. The maximum atomic E-state index is 14.6. The van der Waals surface area contributed by atoms with Gasteiger partial charge >= 0.3 is 5.97 Å². The molecule has 1 unspecified atom stereocenters. The molecule has 2 heterocycles. The van der Waals surface area contributed by atoms with Gasteiger partial charge in [0, 0.05) is 18.5 Å². The van der Waals surface area contributed by atoms with Crippen LogP contribution in [0.3, 0.4) is 0 Å². The summed E-state index contributed by atoms with van der Waals surface area (Å²) in [6.07, 6.45) is 2.84. The van der Waals surface area contributed by atoms with Crippen LogP contribution in [0.25, 0.3) is 10.9 Å². The fourth-order valence-electron chi connectivity index (χ4n) is 4.61. The Labute approximate surface area is 201 Å². The monoisotopic (exact) mass is 482 g/mol. The number of methoxy groups -OCH3 is 1. The molecule has 1 fully saturated rings. The Morgan fingerprint density at radius 2 is 2.06 bits per heavy atom. The van der Waals surface area contributed by atoms with Gasteiger partial charge in [0.15, 0.2) is 11.6 Å². The zero-order valence-corrected chi connectivity index (χ0v) is 19.3. The number of nitrogens with zero attached hydrogens (tertiary/aromatic N) is 2. The van der Waals surface area contributed by atoms with E-state index in [1.54, 1.807) is 18.2 Å². The third-order valence-electron chi connectivity index (χ3n) is 6.58. The lowest BCUT2D eigenvalue weighted by molar-refractivity contribution is -0.148. The molecular weight excluding hydrogens is 457 g/mol. The number of likely N-dealkylation sites (tertiary alicyclic amines) is 1. The van der Waals surface area contributed by atoms with Gasteiger partial charge in [-0.15, -0.1) is 0 Å². The SMILES string of the molecule is COc1ccc2ncc(F)c(CCCC3(C(=O)O)CCN(CC#Cc4cccc(F)c4F)C3)c2c1. The van der Waals surface area contributed by atoms with E-state index in [-0.39, 0.29) is 18.7 Å². The number of rotatable bonds is 7. The van der Waals surface area contributed by atoms with Crippen molar-refractivity contribution in [2.45, 2.75) is 25.7 Å². The van der Waals surface area contributed by atoms with Crippen molar-refractivity contribution in [3.8, 4) is 17.6 Å². The van der Waals surface area contributed by atoms with Crippen molar-refractivity contribution in [1.82, 2.24) is 9.88 Å². The first-order valence-corrected chi connectivity index (χ1v) is 11.3. The molecule has 8 heteroatoms. The zero-order valence-electron chi connectivity index (χ0n) is 19.3. The molecular formula is C27H25F3N2O3. The van der Waals surface area contributed by atoms with Gasteiger partial charge in [0.2, 0.25) is 0 Å². The molecule has 1 N–H and O–H groups in total. The normalized spacial score (nSPS) is 17.8. The van der Waals surface area contributed by atoms with Gasteiger partial charge in [-0.3, -0.25) is 14.7 Å². The van der Waals surface area contributed by atoms with E-state index in [1.165, 1.54) is 25.4 Å². The highest BCUT2D eigenvalue weighted by Crippen LogP contribution is 2.36. The number of hydrogen-bond donors (Lipinski definition) is 1. The second-order valence-corrected chi connectivity index (χ2v) is 8.77. The average Bonchev–Trinajstić information content (AvgIpc) is 3.27. The number of carbonyl (C=O) groups is 1. The van der Waals surface area contributed by atoms with E-state index in [4.69, 9.17) is 4.74 Å². The fraction of sp³-hybridized carbons (Fsp3) is 0.333. The molecule has 1 saturated heterocycles. The van der Waals surface area contributed by atoms with Crippen molar-refractivity contribution >= 4 is 16.9 Å². The minimum Gasteiger partial charge on any atom is -0.497 e. The number of fused-ring (bicyclic) bond motifs is 1. The molecule has 0 radical (unpaired) electrons. The Hall–Kier alpha value is -3.57. The first-order valence-electron chi connectivity index (χ1n) is 11.3. The van der Waals surface area contributed by atoms with Gasteiger partial charge in [-0.2, -0.15) is 0 Å². The van der Waals surface area contributed by atoms with Crippen molar-refractivity contribution in [2.24, 2.45) is 5.41 Å². The number of ether oxygens (including phenoxy) is 1. The van der Waals surface area contributed by atoms with Crippen LogP contribution >= 0.6 is 0 Å². The van der Waals surface area contributed by atoms with Crippen LogP contribution < -0.4 is 4.74 Å². The smallest absolute Gasteiger partial charge is 0.310 e. The Bertz CT molecular complexity index is 1320. The van der Waals surface area contributed by atoms with Crippen LogP contribution in [-0.2, 0) is 11.2 Å². The Kier molecular flexibility index (Phi) is 7.27. The van der Waals surface area contributed by atoms with Crippen molar-refractivity contribution in [3.63, 3.8) is 0 Å². The van der Waals surface area contributed by atoms with Crippen LogP contribution in [0.2, 0.25) is 0 Å². The summed E-state index contributed by atoms with van der Waals surface area (Å²) >= 11 is 0. The number of pyridine rings is 1. The summed E-state index contributed by atoms with van der Waals surface area (Å²) < 4.78 is 47.0. The van der Waals surface area contributed by atoms with Crippen LogP contribution in [0.1, 0.15) is 30.4 Å².